The molecule has 0 saturated heterocycles. The van der Waals surface area contributed by atoms with Crippen molar-refractivity contribution in [2.75, 3.05) is 5.73 Å². The highest BCUT2D eigenvalue weighted by Gasteiger charge is 2.08. The quantitative estimate of drug-likeness (QED) is 0.398. The van der Waals surface area contributed by atoms with Gasteiger partial charge in [-0.1, -0.05) is 32.1 Å². The summed E-state index contributed by atoms with van der Waals surface area (Å²) in [4.78, 5) is 7.20. The number of aromatic nitrogens is 2. The van der Waals surface area contributed by atoms with Gasteiger partial charge in [0.05, 0.1) is 11.6 Å². The van der Waals surface area contributed by atoms with Crippen molar-refractivity contribution in [3.05, 3.63) is 60.0 Å². The fourth-order valence-corrected chi connectivity index (χ4v) is 2.16. The Morgan fingerprint density at radius 1 is 1.33 bits per heavy atom. The molecule has 2 aromatic heterocycles. The summed E-state index contributed by atoms with van der Waals surface area (Å²) in [7, 11) is 0. The number of rotatable bonds is 2. The summed E-state index contributed by atoms with van der Waals surface area (Å²) in [5.74, 6) is 2.83. The molecule has 3 rings (SSSR count). The summed E-state index contributed by atoms with van der Waals surface area (Å²) in [6.07, 6.45) is 7.07. The SMILES string of the molecule is C=S.CC.N#C/C(=C\c1cccnc1)c1c[nH]c2ccc(N)cc12. The number of hydrogen-bond donors (Lipinski definition) is 2. The molecule has 0 atom stereocenters. The molecule has 0 aliphatic heterocycles. The highest BCUT2D eigenvalue weighted by molar-refractivity contribution is 7.77. The normalized spacial score (nSPS) is 9.96. The molecule has 3 N–H and O–H groups in total. The summed E-state index contributed by atoms with van der Waals surface area (Å²) in [6, 6.07) is 11.6. The Balaban J connectivity index is 0.000000671. The van der Waals surface area contributed by atoms with E-state index in [2.05, 4.69) is 34.1 Å². The molecule has 4 nitrogen and oxygen atoms in total. The number of hydrogen-bond acceptors (Lipinski definition) is 4. The van der Waals surface area contributed by atoms with Crippen LogP contribution in [0.5, 0.6) is 0 Å². The maximum absolute atomic E-state index is 9.40. The van der Waals surface area contributed by atoms with Crippen LogP contribution in [0.4, 0.5) is 5.69 Å². The lowest BCUT2D eigenvalue weighted by Gasteiger charge is -1.99. The van der Waals surface area contributed by atoms with Gasteiger partial charge < -0.3 is 10.7 Å². The van der Waals surface area contributed by atoms with Gasteiger partial charge >= 0.3 is 0 Å². The molecular formula is C19H20N4S. The van der Waals surface area contributed by atoms with E-state index in [0.717, 1.165) is 22.0 Å². The average Bonchev–Trinajstić information content (AvgIpc) is 3.07. The number of benzene rings is 1. The minimum Gasteiger partial charge on any atom is -0.399 e. The number of allylic oxidation sites excluding steroid dienone is 1. The summed E-state index contributed by atoms with van der Waals surface area (Å²) in [6.45, 7) is 4.00. The Bertz CT molecular complexity index is 845. The molecule has 0 aliphatic rings. The first kappa shape index (κ1) is 19.1. The van der Waals surface area contributed by atoms with Crippen molar-refractivity contribution < 1.29 is 0 Å². The van der Waals surface area contributed by atoms with Crippen molar-refractivity contribution in [2.45, 2.75) is 13.8 Å². The van der Waals surface area contributed by atoms with Crippen LogP contribution in [0.2, 0.25) is 0 Å². The minimum absolute atomic E-state index is 0.579. The van der Waals surface area contributed by atoms with Crippen LogP contribution >= 0.6 is 12.2 Å². The number of H-pyrrole nitrogens is 1. The lowest BCUT2D eigenvalue weighted by molar-refractivity contribution is 1.32. The molecule has 3 aromatic rings. The third kappa shape index (κ3) is 4.51. The minimum atomic E-state index is 0.579. The zero-order valence-corrected chi connectivity index (χ0v) is 14.6. The molecule has 0 aliphatic carbocycles. The molecule has 122 valence electrons. The van der Waals surface area contributed by atoms with Crippen LogP contribution in [0.3, 0.4) is 0 Å². The van der Waals surface area contributed by atoms with E-state index in [-0.39, 0.29) is 0 Å². The van der Waals surface area contributed by atoms with Crippen LogP contribution in [-0.4, -0.2) is 15.8 Å². The Morgan fingerprint density at radius 3 is 2.71 bits per heavy atom. The average molecular weight is 336 g/mol. The fourth-order valence-electron chi connectivity index (χ4n) is 2.16. The van der Waals surface area contributed by atoms with Crippen molar-refractivity contribution in [2.24, 2.45) is 0 Å². The molecule has 0 bridgehead atoms. The van der Waals surface area contributed by atoms with Crippen molar-refractivity contribution in [3.63, 3.8) is 0 Å². The number of nitriles is 1. The highest BCUT2D eigenvalue weighted by Crippen LogP contribution is 2.27. The van der Waals surface area contributed by atoms with Gasteiger partial charge in [-0.2, -0.15) is 5.26 Å². The van der Waals surface area contributed by atoms with Crippen LogP contribution in [0.25, 0.3) is 22.6 Å². The summed E-state index contributed by atoms with van der Waals surface area (Å²) in [5.41, 5.74) is 9.77. The molecule has 0 spiro atoms. The number of nitrogens with two attached hydrogens (primary N) is 1. The third-order valence-electron chi connectivity index (χ3n) is 3.11. The second kappa shape index (κ2) is 9.93. The van der Waals surface area contributed by atoms with Gasteiger partial charge in [0, 0.05) is 40.7 Å². The summed E-state index contributed by atoms with van der Waals surface area (Å²) in [5, 5.41) is 10.4. The van der Waals surface area contributed by atoms with Gasteiger partial charge in [-0.25, -0.2) is 0 Å². The van der Waals surface area contributed by atoms with Crippen molar-refractivity contribution in [3.8, 4) is 6.07 Å². The van der Waals surface area contributed by atoms with Gasteiger partial charge in [-0.3, -0.25) is 4.98 Å². The van der Waals surface area contributed by atoms with E-state index in [4.69, 9.17) is 5.73 Å². The van der Waals surface area contributed by atoms with Crippen molar-refractivity contribution >= 4 is 46.3 Å². The number of pyridine rings is 1. The van der Waals surface area contributed by atoms with Gasteiger partial charge in [0.15, 0.2) is 0 Å². The van der Waals surface area contributed by atoms with E-state index in [1.807, 2.05) is 56.5 Å². The first-order chi connectivity index (χ1) is 11.8. The maximum atomic E-state index is 9.40. The van der Waals surface area contributed by atoms with Crippen LogP contribution in [0.1, 0.15) is 25.0 Å². The van der Waals surface area contributed by atoms with E-state index in [0.29, 0.717) is 11.3 Å². The lowest BCUT2D eigenvalue weighted by atomic mass is 10.0. The molecule has 0 unspecified atom stereocenters. The topological polar surface area (TPSA) is 78.5 Å². The van der Waals surface area contributed by atoms with Crippen LogP contribution in [-0.2, 0) is 0 Å². The Hall–Kier alpha value is -2.97. The van der Waals surface area contributed by atoms with Crippen molar-refractivity contribution in [1.29, 1.82) is 5.26 Å². The van der Waals surface area contributed by atoms with E-state index < -0.39 is 0 Å². The van der Waals surface area contributed by atoms with Gasteiger partial charge in [0.25, 0.3) is 0 Å². The van der Waals surface area contributed by atoms with E-state index in [9.17, 15) is 5.26 Å². The van der Waals surface area contributed by atoms with E-state index >= 15 is 0 Å². The smallest absolute Gasteiger partial charge is 0.0998 e. The number of nitrogens with one attached hydrogen (secondary N) is 1. The molecule has 0 amide bonds. The summed E-state index contributed by atoms with van der Waals surface area (Å²) >= 11 is 3.83. The number of nitrogen functional groups attached to an aromatic ring is 1. The molecule has 0 saturated carbocycles. The fraction of sp³-hybridized carbons (Fsp3) is 0.105. The van der Waals surface area contributed by atoms with Gasteiger partial charge in [-0.15, -0.1) is 0 Å². The molecule has 2 heterocycles. The number of nitrogens with zero attached hydrogens (tertiary/aromatic N) is 2. The van der Waals surface area contributed by atoms with Gasteiger partial charge in [0.1, 0.15) is 0 Å². The molecule has 24 heavy (non-hydrogen) atoms. The Morgan fingerprint density at radius 2 is 2.08 bits per heavy atom. The third-order valence-corrected chi connectivity index (χ3v) is 3.11. The monoisotopic (exact) mass is 336 g/mol. The number of anilines is 1. The predicted molar refractivity (Wildman–Crippen MR) is 106 cm³/mol. The van der Waals surface area contributed by atoms with Gasteiger partial charge in [-0.05, 0) is 41.8 Å². The zero-order chi connectivity index (χ0) is 17.9. The summed E-state index contributed by atoms with van der Waals surface area (Å²) < 4.78 is 0. The predicted octanol–water partition coefficient (Wildman–Crippen LogP) is 4.85. The van der Waals surface area contributed by atoms with Crippen LogP contribution in [0.15, 0.2) is 48.9 Å². The molecule has 1 aromatic carbocycles. The number of aromatic amines is 1. The zero-order valence-electron chi connectivity index (χ0n) is 13.8. The second-order valence-electron chi connectivity index (χ2n) is 4.46. The largest absolute Gasteiger partial charge is 0.399 e. The molecule has 0 radical (unpaired) electrons. The molecule has 5 heteroatoms. The van der Waals surface area contributed by atoms with Crippen molar-refractivity contribution in [1.82, 2.24) is 9.97 Å². The molecular weight excluding hydrogens is 316 g/mol. The Kier molecular flexibility index (Phi) is 7.89. The van der Waals surface area contributed by atoms with Crippen LogP contribution < -0.4 is 5.73 Å². The number of thiocarbonyl (C=S) groups is 1. The number of fused-ring (bicyclic) bond motifs is 1. The second-order valence-corrected chi connectivity index (χ2v) is 4.46. The van der Waals surface area contributed by atoms with Crippen LogP contribution in [0, 0.1) is 11.3 Å². The van der Waals surface area contributed by atoms with Gasteiger partial charge in [0.2, 0.25) is 0 Å². The molecule has 0 fully saturated rings. The van der Waals surface area contributed by atoms with E-state index in [1.165, 1.54) is 0 Å². The van der Waals surface area contributed by atoms with E-state index in [1.54, 1.807) is 12.4 Å². The highest BCUT2D eigenvalue weighted by atomic mass is 32.1. The first-order valence-corrected chi connectivity index (χ1v) is 8.03. The maximum Gasteiger partial charge on any atom is 0.0998 e. The standard InChI is InChI=1S/C16H12N4.C2H6.CH2S/c17-8-12(6-11-2-1-5-19-9-11)15-10-20-16-4-3-13(18)7-14(15)16;2*1-2/h1-7,9-10,20H,18H2;1-2H3;1H2/b12-6+;;. The lowest BCUT2D eigenvalue weighted by Crippen LogP contribution is -1.85. The Labute approximate surface area is 147 Å². The first-order valence-electron chi connectivity index (χ1n) is 7.45.